The molecule has 130 valence electrons. The topological polar surface area (TPSA) is 64.8 Å². The molecule has 0 amide bonds. The number of hydrogen-bond acceptors (Lipinski definition) is 6. The van der Waals surface area contributed by atoms with Gasteiger partial charge in [0, 0.05) is 11.8 Å². The Morgan fingerprint density at radius 3 is 2.60 bits per heavy atom. The molecule has 0 unspecified atom stereocenters. The van der Waals surface area contributed by atoms with Gasteiger partial charge in [0.2, 0.25) is 0 Å². The molecule has 0 aliphatic heterocycles. The Kier molecular flexibility index (Phi) is 4.66. The second-order valence-corrected chi connectivity index (χ2v) is 9.98. The molecule has 0 bridgehead atoms. The smallest absolute Gasteiger partial charge is 0.191 e. The molecule has 1 aromatic carbocycles. The molecule has 0 spiro atoms. The first-order valence-corrected chi connectivity index (χ1v) is 11.6. The van der Waals surface area contributed by atoms with E-state index in [1.165, 1.54) is 11.8 Å². The van der Waals surface area contributed by atoms with E-state index in [0.29, 0.717) is 16.7 Å². The number of nitrogens with zero attached hydrogens (tertiary/aromatic N) is 3. The molecule has 1 fully saturated rings. The van der Waals surface area contributed by atoms with Gasteiger partial charge in [-0.3, -0.25) is 4.57 Å². The Labute approximate surface area is 155 Å². The summed E-state index contributed by atoms with van der Waals surface area (Å²) in [4.78, 5) is 1.47. The first-order chi connectivity index (χ1) is 12.1. The third kappa shape index (κ3) is 3.65. The van der Waals surface area contributed by atoms with Crippen molar-refractivity contribution in [3.63, 3.8) is 0 Å². The van der Waals surface area contributed by atoms with Crippen LogP contribution < -0.4 is 0 Å². The summed E-state index contributed by atoms with van der Waals surface area (Å²) in [6.45, 7) is 0. The van der Waals surface area contributed by atoms with Crippen LogP contribution in [-0.4, -0.2) is 34.7 Å². The van der Waals surface area contributed by atoms with E-state index < -0.39 is 9.84 Å². The van der Waals surface area contributed by atoms with Crippen molar-refractivity contribution in [1.82, 2.24) is 14.8 Å². The Morgan fingerprint density at radius 2 is 1.92 bits per heavy atom. The molecule has 25 heavy (non-hydrogen) atoms. The lowest BCUT2D eigenvalue weighted by Crippen LogP contribution is -2.09. The van der Waals surface area contributed by atoms with E-state index in [9.17, 15) is 8.42 Å². The van der Waals surface area contributed by atoms with Crippen LogP contribution in [-0.2, 0) is 9.84 Å². The van der Waals surface area contributed by atoms with Crippen LogP contribution in [0, 0.1) is 0 Å². The molecule has 0 N–H and O–H groups in total. The second-order valence-electron chi connectivity index (χ2n) is 5.87. The molecule has 0 atom stereocenters. The van der Waals surface area contributed by atoms with Crippen LogP contribution in [0.1, 0.15) is 18.9 Å². The summed E-state index contributed by atoms with van der Waals surface area (Å²) in [5.74, 6) is 1.45. The van der Waals surface area contributed by atoms with Crippen LogP contribution in [0.15, 0.2) is 57.9 Å². The monoisotopic (exact) mass is 391 g/mol. The SMILES string of the molecule is O=S(=O)(CCSc1nnc(-c2cccs2)n1C1CC1)c1ccccc1. The van der Waals surface area contributed by atoms with Gasteiger partial charge in [0.25, 0.3) is 0 Å². The van der Waals surface area contributed by atoms with Crippen molar-refractivity contribution in [1.29, 1.82) is 0 Å². The average Bonchev–Trinajstić information content (AvgIpc) is 3.14. The summed E-state index contributed by atoms with van der Waals surface area (Å²) in [7, 11) is -3.26. The van der Waals surface area contributed by atoms with Crippen LogP contribution >= 0.6 is 23.1 Å². The van der Waals surface area contributed by atoms with Gasteiger partial charge in [-0.05, 0) is 36.4 Å². The van der Waals surface area contributed by atoms with Gasteiger partial charge in [0.15, 0.2) is 20.8 Å². The van der Waals surface area contributed by atoms with Gasteiger partial charge in [-0.1, -0.05) is 36.0 Å². The zero-order chi connectivity index (χ0) is 17.3. The molecule has 3 aromatic rings. The predicted octanol–water partition coefficient (Wildman–Crippen LogP) is 3.91. The fourth-order valence-corrected chi connectivity index (χ4v) is 5.98. The van der Waals surface area contributed by atoms with Crippen molar-refractivity contribution < 1.29 is 8.42 Å². The maximum absolute atomic E-state index is 12.4. The Hall–Kier alpha value is -1.64. The maximum atomic E-state index is 12.4. The summed E-state index contributed by atoms with van der Waals surface area (Å²) in [5, 5.41) is 11.5. The van der Waals surface area contributed by atoms with Crippen molar-refractivity contribution in [2.45, 2.75) is 28.9 Å². The van der Waals surface area contributed by atoms with Gasteiger partial charge in [0.05, 0.1) is 15.5 Å². The quantitative estimate of drug-likeness (QED) is 0.572. The summed E-state index contributed by atoms with van der Waals surface area (Å²) < 4.78 is 27.0. The highest BCUT2D eigenvalue weighted by Crippen LogP contribution is 2.41. The number of thiophene rings is 1. The number of sulfone groups is 1. The van der Waals surface area contributed by atoms with Crippen LogP contribution in [0.4, 0.5) is 0 Å². The fourth-order valence-electron chi connectivity index (χ4n) is 2.60. The second kappa shape index (κ2) is 6.93. The fraction of sp³-hybridized carbons (Fsp3) is 0.294. The highest BCUT2D eigenvalue weighted by atomic mass is 32.2. The van der Waals surface area contributed by atoms with E-state index in [-0.39, 0.29) is 5.75 Å². The highest BCUT2D eigenvalue weighted by Gasteiger charge is 2.30. The standard InChI is InChI=1S/C17H17N3O2S3/c21-25(22,14-5-2-1-3-6-14)12-11-24-17-19-18-16(15-7-4-10-23-15)20(17)13-8-9-13/h1-7,10,13H,8-9,11-12H2. The van der Waals surface area contributed by atoms with Crippen molar-refractivity contribution in [3.05, 3.63) is 47.8 Å². The molecule has 0 radical (unpaired) electrons. The average molecular weight is 392 g/mol. The molecular formula is C17H17N3O2S3. The van der Waals surface area contributed by atoms with Gasteiger partial charge in [-0.25, -0.2) is 8.42 Å². The summed E-state index contributed by atoms with van der Waals surface area (Å²) in [5.41, 5.74) is 0. The number of benzene rings is 1. The van der Waals surface area contributed by atoms with Gasteiger partial charge in [-0.15, -0.1) is 21.5 Å². The van der Waals surface area contributed by atoms with Gasteiger partial charge >= 0.3 is 0 Å². The van der Waals surface area contributed by atoms with Crippen molar-refractivity contribution in [2.75, 3.05) is 11.5 Å². The Morgan fingerprint density at radius 1 is 1.12 bits per heavy atom. The molecular weight excluding hydrogens is 374 g/mol. The van der Waals surface area contributed by atoms with Crippen molar-refractivity contribution >= 4 is 32.9 Å². The number of aromatic nitrogens is 3. The number of hydrogen-bond donors (Lipinski definition) is 0. The molecule has 0 saturated heterocycles. The van der Waals surface area contributed by atoms with Gasteiger partial charge in [-0.2, -0.15) is 0 Å². The third-order valence-electron chi connectivity index (χ3n) is 4.00. The van der Waals surface area contributed by atoms with Gasteiger partial charge in [0.1, 0.15) is 0 Å². The lowest BCUT2D eigenvalue weighted by Gasteiger charge is -2.08. The van der Waals surface area contributed by atoms with E-state index >= 15 is 0 Å². The molecule has 1 aliphatic carbocycles. The van der Waals surface area contributed by atoms with Crippen LogP contribution in [0.5, 0.6) is 0 Å². The number of rotatable bonds is 7. The maximum Gasteiger partial charge on any atom is 0.191 e. The zero-order valence-electron chi connectivity index (χ0n) is 13.4. The molecule has 2 aromatic heterocycles. The van der Waals surface area contributed by atoms with Crippen LogP contribution in [0.3, 0.4) is 0 Å². The summed E-state index contributed by atoms with van der Waals surface area (Å²) >= 11 is 3.12. The molecule has 8 heteroatoms. The van der Waals surface area contributed by atoms with Crippen LogP contribution in [0.25, 0.3) is 10.7 Å². The first-order valence-electron chi connectivity index (χ1n) is 8.04. The third-order valence-corrected chi connectivity index (χ3v) is 7.80. The lowest BCUT2D eigenvalue weighted by atomic mass is 10.4. The van der Waals surface area contributed by atoms with Crippen LogP contribution in [0.2, 0.25) is 0 Å². The molecule has 5 nitrogen and oxygen atoms in total. The molecule has 4 rings (SSSR count). The zero-order valence-corrected chi connectivity index (χ0v) is 15.9. The van der Waals surface area contributed by atoms with E-state index in [0.717, 1.165) is 28.7 Å². The predicted molar refractivity (Wildman–Crippen MR) is 101 cm³/mol. The Bertz CT molecular complexity index is 946. The number of thioether (sulfide) groups is 1. The minimum absolute atomic E-state index is 0.0908. The van der Waals surface area contributed by atoms with Crippen molar-refractivity contribution in [3.8, 4) is 10.7 Å². The Balaban J connectivity index is 1.49. The normalized spacial score (nSPS) is 14.7. The minimum Gasteiger partial charge on any atom is -0.298 e. The summed E-state index contributed by atoms with van der Waals surface area (Å²) in [6.07, 6.45) is 2.26. The van der Waals surface area contributed by atoms with E-state index in [1.807, 2.05) is 23.6 Å². The minimum atomic E-state index is -3.26. The molecule has 1 saturated carbocycles. The summed E-state index contributed by atoms with van der Waals surface area (Å²) in [6, 6.07) is 13.1. The van der Waals surface area contributed by atoms with E-state index in [2.05, 4.69) is 14.8 Å². The van der Waals surface area contributed by atoms with Crippen molar-refractivity contribution in [2.24, 2.45) is 0 Å². The first kappa shape index (κ1) is 16.8. The van der Waals surface area contributed by atoms with E-state index in [4.69, 9.17) is 0 Å². The largest absolute Gasteiger partial charge is 0.298 e. The van der Waals surface area contributed by atoms with E-state index in [1.54, 1.807) is 35.6 Å². The molecule has 2 heterocycles. The van der Waals surface area contributed by atoms with Gasteiger partial charge < -0.3 is 0 Å². The highest BCUT2D eigenvalue weighted by molar-refractivity contribution is 8.00. The molecule has 1 aliphatic rings. The lowest BCUT2D eigenvalue weighted by molar-refractivity contribution is 0.597.